The Hall–Kier alpha value is -1.75. The van der Waals surface area contributed by atoms with E-state index < -0.39 is 60.3 Å². The fourth-order valence-corrected chi connectivity index (χ4v) is 17.9. The van der Waals surface area contributed by atoms with Crippen molar-refractivity contribution in [3.63, 3.8) is 0 Å². The van der Waals surface area contributed by atoms with Crippen molar-refractivity contribution < 1.29 is 37.3 Å². The second kappa shape index (κ2) is 20.5. The Morgan fingerprint density at radius 1 is 0.839 bits per heavy atom. The molecule has 1 aromatic carbocycles. The normalized spacial score (nSPS) is 24.8. The van der Waals surface area contributed by atoms with Crippen LogP contribution < -0.4 is 4.74 Å². The Morgan fingerprint density at radius 2 is 1.41 bits per heavy atom. The van der Waals surface area contributed by atoms with E-state index in [1.54, 1.807) is 7.11 Å². The number of hydrogen-bond acceptors (Lipinski definition) is 8. The van der Waals surface area contributed by atoms with Crippen LogP contribution in [0.15, 0.2) is 35.9 Å². The van der Waals surface area contributed by atoms with Gasteiger partial charge in [0.1, 0.15) is 23.6 Å². The molecule has 0 bridgehead atoms. The van der Waals surface area contributed by atoms with Gasteiger partial charge in [0.25, 0.3) is 0 Å². The van der Waals surface area contributed by atoms with E-state index in [0.29, 0.717) is 13.2 Å². The predicted octanol–water partition coefficient (Wildman–Crippen LogP) is 10.1. The second-order valence-electron chi connectivity index (χ2n) is 16.3. The zero-order valence-electron chi connectivity index (χ0n) is 36.5. The Balaban J connectivity index is 1.96. The molecule has 0 amide bonds. The molecule has 56 heavy (non-hydrogen) atoms. The van der Waals surface area contributed by atoms with Gasteiger partial charge >= 0.3 is 0 Å². The Labute approximate surface area is 343 Å². The van der Waals surface area contributed by atoms with Gasteiger partial charge < -0.3 is 37.3 Å². The quantitative estimate of drug-likeness (QED) is 0.0914. The van der Waals surface area contributed by atoms with Crippen LogP contribution in [-0.2, 0) is 34.1 Å². The molecular formula is C45H74O8Si3. The number of methoxy groups -OCH3 is 1. The number of benzene rings is 1. The van der Waals surface area contributed by atoms with Crippen molar-refractivity contribution in [1.82, 2.24) is 0 Å². The lowest BCUT2D eigenvalue weighted by Gasteiger charge is -2.45. The molecule has 4 rings (SSSR count). The maximum atomic E-state index is 11.6. The van der Waals surface area contributed by atoms with E-state index in [9.17, 15) is 5.11 Å². The third kappa shape index (κ3) is 9.81. The molecule has 1 saturated heterocycles. The van der Waals surface area contributed by atoms with Crippen LogP contribution in [-0.4, -0.2) is 85.7 Å². The summed E-state index contributed by atoms with van der Waals surface area (Å²) in [5.74, 6) is 10.5. The van der Waals surface area contributed by atoms with Gasteiger partial charge in [0.15, 0.2) is 36.3 Å². The summed E-state index contributed by atoms with van der Waals surface area (Å²) in [6.07, 6.45) is 11.0. The summed E-state index contributed by atoms with van der Waals surface area (Å²) in [4.78, 5) is 0. The van der Waals surface area contributed by atoms with Gasteiger partial charge in [-0.3, -0.25) is 0 Å². The van der Waals surface area contributed by atoms with Gasteiger partial charge in [0.05, 0.1) is 33.0 Å². The highest BCUT2D eigenvalue weighted by Gasteiger charge is 2.58. The van der Waals surface area contributed by atoms with Crippen molar-refractivity contribution >= 4 is 25.0 Å². The Kier molecular flexibility index (Phi) is 17.2. The van der Waals surface area contributed by atoms with Crippen LogP contribution in [0.3, 0.4) is 0 Å². The van der Waals surface area contributed by atoms with Crippen molar-refractivity contribution in [2.75, 3.05) is 20.3 Å². The minimum Gasteiger partial charge on any atom is -0.497 e. The first-order valence-corrected chi connectivity index (χ1v) is 29.4. The molecule has 8 nitrogen and oxygen atoms in total. The van der Waals surface area contributed by atoms with Gasteiger partial charge in [-0.05, 0) is 91.0 Å². The first kappa shape index (κ1) is 46.9. The first-order valence-electron chi connectivity index (χ1n) is 21.9. The van der Waals surface area contributed by atoms with Gasteiger partial charge in [0.2, 0.25) is 0 Å². The number of terminal acetylenes is 1. The maximum Gasteiger partial charge on any atom is 0.194 e. The number of ether oxygens (including phenoxy) is 4. The lowest BCUT2D eigenvalue weighted by Crippen LogP contribution is -2.57. The summed E-state index contributed by atoms with van der Waals surface area (Å²) < 4.78 is 48.2. The fourth-order valence-electron chi connectivity index (χ4n) is 9.16. The van der Waals surface area contributed by atoms with E-state index in [-0.39, 0.29) is 13.0 Å². The summed E-state index contributed by atoms with van der Waals surface area (Å²) in [6.45, 7) is 20.4. The molecule has 5 atom stereocenters. The smallest absolute Gasteiger partial charge is 0.194 e. The number of aliphatic hydroxyl groups is 1. The van der Waals surface area contributed by atoms with Crippen molar-refractivity contribution in [3.05, 3.63) is 41.5 Å². The molecule has 2 aliphatic carbocycles. The van der Waals surface area contributed by atoms with Crippen molar-refractivity contribution in [2.24, 2.45) is 0 Å². The molecule has 1 aliphatic heterocycles. The third-order valence-electron chi connectivity index (χ3n) is 13.9. The average molecular weight is 827 g/mol. The highest BCUT2D eigenvalue weighted by Crippen LogP contribution is 2.47. The zero-order chi connectivity index (χ0) is 41.1. The zero-order valence-corrected chi connectivity index (χ0v) is 39.5. The van der Waals surface area contributed by atoms with Gasteiger partial charge in [-0.2, -0.15) is 0 Å². The van der Waals surface area contributed by atoms with E-state index in [0.717, 1.165) is 97.0 Å². The van der Waals surface area contributed by atoms with Gasteiger partial charge in [-0.1, -0.05) is 86.3 Å². The standard InChI is InChI=1S/C45H74O8Si3/c1-12-29-45(53-56(19-8,20-9)21-10)38(33-40(51-54(13-2,14-3)15-4)42(45)48-34-37-24-26-39(47-11)27-25-37)28-32-43(36-46,52-55(16-5,17-6)18-7)41-35-49-44(50-41)30-22-23-31-44/h1,24-27,33,40-42,46H,13-23,29-31,34-36H2,2-11H3/t40-,41-,42+,43+,45-/m1/s1. The average Bonchev–Trinajstić information content (AvgIpc) is 3.97. The summed E-state index contributed by atoms with van der Waals surface area (Å²) in [6, 6.07) is 16.4. The molecule has 1 N–H and O–H groups in total. The van der Waals surface area contributed by atoms with Crippen molar-refractivity contribution in [2.45, 2.75) is 191 Å². The summed E-state index contributed by atoms with van der Waals surface area (Å²) in [7, 11) is -5.20. The molecule has 2 fully saturated rings. The predicted molar refractivity (Wildman–Crippen MR) is 234 cm³/mol. The maximum absolute atomic E-state index is 11.6. The molecule has 1 spiro atoms. The van der Waals surface area contributed by atoms with E-state index in [1.165, 1.54) is 0 Å². The summed E-state index contributed by atoms with van der Waals surface area (Å²) in [5.41, 5.74) is -0.602. The highest BCUT2D eigenvalue weighted by atomic mass is 28.4. The van der Waals surface area contributed by atoms with Gasteiger partial charge in [0, 0.05) is 24.8 Å². The molecule has 1 heterocycles. The van der Waals surface area contributed by atoms with Crippen LogP contribution in [0.5, 0.6) is 5.75 Å². The third-order valence-corrected chi connectivity index (χ3v) is 27.8. The van der Waals surface area contributed by atoms with Crippen LogP contribution in [0, 0.1) is 24.2 Å². The van der Waals surface area contributed by atoms with E-state index in [2.05, 4.69) is 86.2 Å². The van der Waals surface area contributed by atoms with E-state index in [4.69, 9.17) is 38.6 Å². The van der Waals surface area contributed by atoms with Crippen LogP contribution in [0.2, 0.25) is 54.4 Å². The lowest BCUT2D eigenvalue weighted by molar-refractivity contribution is -0.181. The molecular weight excluding hydrogens is 753 g/mol. The molecule has 11 heteroatoms. The van der Waals surface area contributed by atoms with Crippen molar-refractivity contribution in [3.8, 4) is 29.9 Å². The van der Waals surface area contributed by atoms with Gasteiger partial charge in [-0.25, -0.2) is 0 Å². The van der Waals surface area contributed by atoms with Crippen molar-refractivity contribution in [1.29, 1.82) is 0 Å². The second-order valence-corrected chi connectivity index (χ2v) is 30.4. The van der Waals surface area contributed by atoms with Gasteiger partial charge in [-0.15, -0.1) is 12.3 Å². The number of hydrogen-bond donors (Lipinski definition) is 1. The minimum atomic E-state index is -2.36. The van der Waals surface area contributed by atoms with Crippen LogP contribution in [0.25, 0.3) is 0 Å². The highest BCUT2D eigenvalue weighted by molar-refractivity contribution is 6.74. The summed E-state index contributed by atoms with van der Waals surface area (Å²) in [5, 5.41) is 11.6. The first-order chi connectivity index (χ1) is 26.9. The Morgan fingerprint density at radius 3 is 1.91 bits per heavy atom. The minimum absolute atomic E-state index is 0.269. The lowest BCUT2D eigenvalue weighted by atomic mass is 9.88. The molecule has 1 aromatic rings. The molecule has 0 unspecified atom stereocenters. The monoisotopic (exact) mass is 826 g/mol. The summed E-state index contributed by atoms with van der Waals surface area (Å²) >= 11 is 0. The SMILES string of the molecule is C#CC[C@@]1(O[Si](CC)(CC)CC)C(C#C[C@@](CO)(O[Si](CC)(CC)CC)[C@H]2COC3(CCCC3)O2)=C[C@@H](O[Si](CC)(CC)CC)[C@@H]1OCc1ccc(OC)cc1. The topological polar surface area (TPSA) is 84.8 Å². The molecule has 1 saturated carbocycles. The Bertz CT molecular complexity index is 1490. The van der Waals surface area contributed by atoms with E-state index >= 15 is 0 Å². The fraction of sp³-hybridized carbons (Fsp3) is 0.733. The number of rotatable bonds is 22. The molecule has 0 aromatic heterocycles. The largest absolute Gasteiger partial charge is 0.497 e. The molecule has 314 valence electrons. The van der Waals surface area contributed by atoms with Crippen LogP contribution >= 0.6 is 0 Å². The number of aliphatic hydroxyl groups excluding tert-OH is 1. The van der Waals surface area contributed by atoms with E-state index in [1.807, 2.05) is 24.3 Å². The molecule has 3 aliphatic rings. The van der Waals surface area contributed by atoms with Crippen LogP contribution in [0.1, 0.15) is 100.0 Å². The van der Waals surface area contributed by atoms with Crippen LogP contribution in [0.4, 0.5) is 0 Å². The molecule has 0 radical (unpaired) electrons.